The molecule has 0 unspecified atom stereocenters. The summed E-state index contributed by atoms with van der Waals surface area (Å²) in [6.45, 7) is 3.85. The third kappa shape index (κ3) is 5.01. The van der Waals surface area contributed by atoms with E-state index in [0.717, 1.165) is 24.3 Å². The second-order valence-corrected chi connectivity index (χ2v) is 5.86. The number of nitrogens with two attached hydrogens (primary N) is 1. The van der Waals surface area contributed by atoms with E-state index in [9.17, 15) is 4.79 Å². The lowest BCUT2D eigenvalue weighted by Gasteiger charge is -2.35. The number of rotatable bonds is 6. The van der Waals surface area contributed by atoms with E-state index >= 15 is 0 Å². The van der Waals surface area contributed by atoms with Crippen molar-refractivity contribution in [2.45, 2.75) is 45.3 Å². The van der Waals surface area contributed by atoms with Crippen molar-refractivity contribution in [3.8, 4) is 0 Å². The smallest absolute Gasteiger partial charge is 0.315 e. The van der Waals surface area contributed by atoms with Crippen LogP contribution in [0.4, 0.5) is 4.79 Å². The summed E-state index contributed by atoms with van der Waals surface area (Å²) in [5.74, 6) is 0.762. The van der Waals surface area contributed by atoms with Crippen molar-refractivity contribution in [1.29, 1.82) is 0 Å². The van der Waals surface area contributed by atoms with Crippen LogP contribution in [-0.2, 0) is 11.3 Å². The minimum Gasteiger partial charge on any atom is -0.375 e. The Morgan fingerprint density at radius 1 is 1.43 bits per heavy atom. The van der Waals surface area contributed by atoms with Crippen LogP contribution in [0.3, 0.4) is 0 Å². The zero-order valence-corrected chi connectivity index (χ0v) is 12.7. The molecule has 0 bridgehead atoms. The molecule has 1 aliphatic carbocycles. The Morgan fingerprint density at radius 3 is 2.81 bits per heavy atom. The van der Waals surface area contributed by atoms with Crippen LogP contribution in [0.5, 0.6) is 0 Å². The molecule has 0 aliphatic heterocycles. The van der Waals surface area contributed by atoms with Gasteiger partial charge in [-0.25, -0.2) is 4.79 Å². The number of carbonyl (C=O) groups excluding carboxylic acids is 1. The standard InChI is InChI=1S/C16H25N3O2/c1-13-4-6-15(7-5-13)19(16(17)20)9-10-21-12-14-3-2-8-18-11-14/h2-3,8,11,13,15H,4-7,9-10,12H2,1H3,(H2,17,20)/t13-,15-. The van der Waals surface area contributed by atoms with Gasteiger partial charge < -0.3 is 15.4 Å². The lowest BCUT2D eigenvalue weighted by molar-refractivity contribution is 0.0800. The highest BCUT2D eigenvalue weighted by Gasteiger charge is 2.25. The predicted molar refractivity (Wildman–Crippen MR) is 81.6 cm³/mol. The molecular weight excluding hydrogens is 266 g/mol. The van der Waals surface area contributed by atoms with Crippen molar-refractivity contribution in [2.24, 2.45) is 11.7 Å². The average molecular weight is 291 g/mol. The van der Waals surface area contributed by atoms with Gasteiger partial charge in [-0.15, -0.1) is 0 Å². The third-order valence-electron chi connectivity index (χ3n) is 4.18. The second-order valence-electron chi connectivity index (χ2n) is 5.86. The molecular formula is C16H25N3O2. The minimum atomic E-state index is -0.334. The van der Waals surface area contributed by atoms with Gasteiger partial charge in [-0.2, -0.15) is 0 Å². The number of ether oxygens (including phenoxy) is 1. The van der Waals surface area contributed by atoms with Crippen LogP contribution < -0.4 is 5.73 Å². The molecule has 21 heavy (non-hydrogen) atoms. The summed E-state index contributed by atoms with van der Waals surface area (Å²) in [6.07, 6.45) is 7.96. The van der Waals surface area contributed by atoms with Gasteiger partial charge in [0.05, 0.1) is 13.2 Å². The fourth-order valence-electron chi connectivity index (χ4n) is 2.86. The second kappa shape index (κ2) is 7.98. The van der Waals surface area contributed by atoms with Crippen LogP contribution in [-0.4, -0.2) is 35.1 Å². The Labute approximate surface area is 126 Å². The van der Waals surface area contributed by atoms with Gasteiger partial charge in [-0.1, -0.05) is 13.0 Å². The fourth-order valence-corrected chi connectivity index (χ4v) is 2.86. The van der Waals surface area contributed by atoms with E-state index < -0.39 is 0 Å². The van der Waals surface area contributed by atoms with Crippen molar-refractivity contribution in [1.82, 2.24) is 9.88 Å². The molecule has 0 saturated heterocycles. The number of hydrogen-bond donors (Lipinski definition) is 1. The first-order valence-corrected chi connectivity index (χ1v) is 7.69. The number of carbonyl (C=O) groups is 1. The first kappa shape index (κ1) is 15.8. The quantitative estimate of drug-likeness (QED) is 0.819. The number of nitrogens with zero attached hydrogens (tertiary/aromatic N) is 2. The molecule has 1 aromatic heterocycles. The van der Waals surface area contributed by atoms with Crippen LogP contribution in [0, 0.1) is 5.92 Å². The fraction of sp³-hybridized carbons (Fsp3) is 0.625. The lowest BCUT2D eigenvalue weighted by atomic mass is 9.86. The number of hydrogen-bond acceptors (Lipinski definition) is 3. The van der Waals surface area contributed by atoms with Crippen molar-refractivity contribution >= 4 is 6.03 Å². The summed E-state index contributed by atoms with van der Waals surface area (Å²) >= 11 is 0. The highest BCUT2D eigenvalue weighted by atomic mass is 16.5. The molecule has 0 aromatic carbocycles. The van der Waals surface area contributed by atoms with E-state index in [2.05, 4.69) is 11.9 Å². The summed E-state index contributed by atoms with van der Waals surface area (Å²) in [5.41, 5.74) is 6.55. The van der Waals surface area contributed by atoms with Crippen LogP contribution in [0.2, 0.25) is 0 Å². The largest absolute Gasteiger partial charge is 0.375 e. The number of primary amides is 1. The van der Waals surface area contributed by atoms with E-state index in [0.29, 0.717) is 19.8 Å². The van der Waals surface area contributed by atoms with E-state index in [4.69, 9.17) is 10.5 Å². The van der Waals surface area contributed by atoms with Gasteiger partial charge in [0.15, 0.2) is 0 Å². The molecule has 5 heteroatoms. The molecule has 0 radical (unpaired) electrons. The Balaban J connectivity index is 1.74. The van der Waals surface area contributed by atoms with Crippen molar-refractivity contribution in [3.63, 3.8) is 0 Å². The number of pyridine rings is 1. The normalized spacial score (nSPS) is 22.0. The van der Waals surface area contributed by atoms with Crippen molar-refractivity contribution in [3.05, 3.63) is 30.1 Å². The first-order valence-electron chi connectivity index (χ1n) is 7.69. The van der Waals surface area contributed by atoms with E-state index in [1.807, 2.05) is 12.1 Å². The van der Waals surface area contributed by atoms with E-state index in [1.54, 1.807) is 17.3 Å². The SMILES string of the molecule is C[C@H]1CC[C@H](N(CCOCc2cccnc2)C(N)=O)CC1. The van der Waals surface area contributed by atoms with Gasteiger partial charge >= 0.3 is 6.03 Å². The Morgan fingerprint density at radius 2 is 2.19 bits per heavy atom. The molecule has 0 spiro atoms. The zero-order chi connectivity index (χ0) is 15.1. The van der Waals surface area contributed by atoms with Crippen LogP contribution in [0.15, 0.2) is 24.5 Å². The highest BCUT2D eigenvalue weighted by Crippen LogP contribution is 2.26. The Hall–Kier alpha value is -1.62. The number of aromatic nitrogens is 1. The Bertz CT molecular complexity index is 430. The summed E-state index contributed by atoms with van der Waals surface area (Å²) in [5, 5.41) is 0. The van der Waals surface area contributed by atoms with Crippen molar-refractivity contribution in [2.75, 3.05) is 13.2 Å². The van der Waals surface area contributed by atoms with Gasteiger partial charge in [0.25, 0.3) is 0 Å². The van der Waals surface area contributed by atoms with Crippen LogP contribution in [0.25, 0.3) is 0 Å². The van der Waals surface area contributed by atoms with Crippen molar-refractivity contribution < 1.29 is 9.53 Å². The summed E-state index contributed by atoms with van der Waals surface area (Å²) < 4.78 is 5.62. The number of urea groups is 1. The average Bonchev–Trinajstić information content (AvgIpc) is 2.49. The first-order chi connectivity index (χ1) is 10.2. The molecule has 2 rings (SSSR count). The van der Waals surface area contributed by atoms with E-state index in [1.165, 1.54) is 12.8 Å². The molecule has 5 nitrogen and oxygen atoms in total. The monoisotopic (exact) mass is 291 g/mol. The molecule has 1 saturated carbocycles. The molecule has 1 heterocycles. The maximum atomic E-state index is 11.6. The van der Waals surface area contributed by atoms with Gasteiger partial charge in [-0.3, -0.25) is 4.98 Å². The minimum absolute atomic E-state index is 0.278. The highest BCUT2D eigenvalue weighted by molar-refractivity contribution is 5.72. The molecule has 2 amide bonds. The van der Waals surface area contributed by atoms with Gasteiger partial charge in [0, 0.05) is 25.0 Å². The molecule has 116 valence electrons. The summed E-state index contributed by atoms with van der Waals surface area (Å²) in [6, 6.07) is 3.80. The lowest BCUT2D eigenvalue weighted by Crippen LogP contribution is -2.46. The summed E-state index contributed by atoms with van der Waals surface area (Å²) in [4.78, 5) is 17.4. The predicted octanol–water partition coefficient (Wildman–Crippen LogP) is 2.56. The molecule has 2 N–H and O–H groups in total. The third-order valence-corrected chi connectivity index (χ3v) is 4.18. The Kier molecular flexibility index (Phi) is 5.99. The molecule has 0 atom stereocenters. The van der Waals surface area contributed by atoms with Gasteiger partial charge in [0.1, 0.15) is 0 Å². The topological polar surface area (TPSA) is 68.4 Å². The zero-order valence-electron chi connectivity index (χ0n) is 12.7. The molecule has 1 fully saturated rings. The molecule has 1 aliphatic rings. The maximum absolute atomic E-state index is 11.6. The van der Waals surface area contributed by atoms with Crippen LogP contribution in [0.1, 0.15) is 38.2 Å². The van der Waals surface area contributed by atoms with Crippen LogP contribution >= 0.6 is 0 Å². The van der Waals surface area contributed by atoms with E-state index in [-0.39, 0.29) is 12.1 Å². The summed E-state index contributed by atoms with van der Waals surface area (Å²) in [7, 11) is 0. The maximum Gasteiger partial charge on any atom is 0.315 e. The molecule has 1 aromatic rings. The van der Waals surface area contributed by atoms with Gasteiger partial charge in [-0.05, 0) is 43.2 Å². The van der Waals surface area contributed by atoms with Gasteiger partial charge in [0.2, 0.25) is 0 Å². The number of amides is 2.